The Balaban J connectivity index is 2.04. The van der Waals surface area contributed by atoms with Crippen LogP contribution in [0.4, 0.5) is 4.39 Å². The molecule has 27 heavy (non-hydrogen) atoms. The molecule has 0 aliphatic rings. The van der Waals surface area contributed by atoms with Crippen molar-refractivity contribution < 1.29 is 9.18 Å². The Hall–Kier alpha value is -2.92. The number of carbonyl (C=O) groups is 1. The van der Waals surface area contributed by atoms with E-state index in [1.165, 1.54) is 12.1 Å². The molecule has 1 aromatic heterocycles. The van der Waals surface area contributed by atoms with Gasteiger partial charge in [-0.05, 0) is 56.9 Å². The lowest BCUT2D eigenvalue weighted by atomic mass is 10.1. The molecule has 0 spiro atoms. The first-order valence-electron chi connectivity index (χ1n) is 8.94. The van der Waals surface area contributed by atoms with Crippen LogP contribution in [-0.2, 0) is 0 Å². The van der Waals surface area contributed by atoms with Gasteiger partial charge in [0.05, 0.1) is 11.3 Å². The van der Waals surface area contributed by atoms with Crippen molar-refractivity contribution >= 4 is 5.91 Å². The highest BCUT2D eigenvalue weighted by Crippen LogP contribution is 2.29. The Labute approximate surface area is 159 Å². The standard InChI is InChI=1S/C22H24FN3O/c1-16-20(22(27)24-13-14-25(2)3)15-21(17-7-5-4-6-8-17)26(16)19-11-9-18(23)10-12-19/h4-12,15H,13-14H2,1-3H3,(H,24,27). The van der Waals surface area contributed by atoms with Crippen LogP contribution in [0.15, 0.2) is 60.7 Å². The van der Waals surface area contributed by atoms with Crippen molar-refractivity contribution in [3.8, 4) is 16.9 Å². The van der Waals surface area contributed by atoms with Gasteiger partial charge in [-0.1, -0.05) is 30.3 Å². The second-order valence-electron chi connectivity index (χ2n) is 6.77. The molecule has 0 saturated heterocycles. The largest absolute Gasteiger partial charge is 0.351 e. The fraction of sp³-hybridized carbons (Fsp3) is 0.227. The first-order valence-corrected chi connectivity index (χ1v) is 8.94. The minimum atomic E-state index is -0.286. The smallest absolute Gasteiger partial charge is 0.253 e. The molecule has 0 aliphatic carbocycles. The molecule has 140 valence electrons. The van der Waals surface area contributed by atoms with E-state index in [-0.39, 0.29) is 11.7 Å². The molecule has 0 unspecified atom stereocenters. The van der Waals surface area contributed by atoms with E-state index in [0.29, 0.717) is 12.1 Å². The van der Waals surface area contributed by atoms with E-state index in [9.17, 15) is 9.18 Å². The number of benzene rings is 2. The van der Waals surface area contributed by atoms with Crippen LogP contribution in [0.1, 0.15) is 16.1 Å². The summed E-state index contributed by atoms with van der Waals surface area (Å²) in [6.45, 7) is 3.26. The first kappa shape index (κ1) is 18.9. The molecule has 0 bridgehead atoms. The van der Waals surface area contributed by atoms with Crippen molar-refractivity contribution in [1.29, 1.82) is 0 Å². The van der Waals surface area contributed by atoms with Gasteiger partial charge in [0.15, 0.2) is 0 Å². The molecule has 1 heterocycles. The number of amides is 1. The van der Waals surface area contributed by atoms with Gasteiger partial charge < -0.3 is 14.8 Å². The normalized spacial score (nSPS) is 11.0. The Morgan fingerprint density at radius 3 is 2.37 bits per heavy atom. The second kappa shape index (κ2) is 8.18. The molecule has 4 nitrogen and oxygen atoms in total. The summed E-state index contributed by atoms with van der Waals surface area (Å²) < 4.78 is 15.4. The Bertz CT molecular complexity index is 915. The van der Waals surface area contributed by atoms with Crippen molar-refractivity contribution in [1.82, 2.24) is 14.8 Å². The fourth-order valence-corrected chi connectivity index (χ4v) is 3.07. The summed E-state index contributed by atoms with van der Waals surface area (Å²) in [5, 5.41) is 2.97. The minimum absolute atomic E-state index is 0.104. The quantitative estimate of drug-likeness (QED) is 0.720. The molecule has 5 heteroatoms. The lowest BCUT2D eigenvalue weighted by molar-refractivity contribution is 0.0950. The summed E-state index contributed by atoms with van der Waals surface area (Å²) in [6, 6.07) is 18.1. The van der Waals surface area contributed by atoms with Crippen molar-refractivity contribution in [2.75, 3.05) is 27.2 Å². The number of halogens is 1. The monoisotopic (exact) mass is 365 g/mol. The van der Waals surface area contributed by atoms with Gasteiger partial charge in [-0.15, -0.1) is 0 Å². The van der Waals surface area contributed by atoms with Crippen molar-refractivity contribution in [2.24, 2.45) is 0 Å². The number of nitrogens with zero attached hydrogens (tertiary/aromatic N) is 2. The van der Waals surface area contributed by atoms with Crippen LogP contribution in [0, 0.1) is 12.7 Å². The lowest BCUT2D eigenvalue weighted by Gasteiger charge is -2.13. The number of hydrogen-bond donors (Lipinski definition) is 1. The predicted octanol–water partition coefficient (Wildman–Crippen LogP) is 3.88. The number of likely N-dealkylation sites (N-methyl/N-ethyl adjacent to an activating group) is 1. The zero-order valence-corrected chi connectivity index (χ0v) is 15.9. The van der Waals surface area contributed by atoms with Crippen molar-refractivity contribution in [2.45, 2.75) is 6.92 Å². The van der Waals surface area contributed by atoms with Crippen LogP contribution in [-0.4, -0.2) is 42.6 Å². The molecule has 3 aromatic rings. The maximum absolute atomic E-state index is 13.4. The average Bonchev–Trinajstić information content (AvgIpc) is 3.00. The molecule has 0 atom stereocenters. The highest BCUT2D eigenvalue weighted by Gasteiger charge is 2.19. The number of carbonyl (C=O) groups excluding carboxylic acids is 1. The molecule has 0 aliphatic heterocycles. The molecule has 0 saturated carbocycles. The highest BCUT2D eigenvalue weighted by atomic mass is 19.1. The molecular weight excluding hydrogens is 341 g/mol. The van der Waals surface area contributed by atoms with Crippen LogP contribution < -0.4 is 5.32 Å². The maximum Gasteiger partial charge on any atom is 0.253 e. The lowest BCUT2D eigenvalue weighted by Crippen LogP contribution is -2.31. The van der Waals surface area contributed by atoms with Crippen LogP contribution >= 0.6 is 0 Å². The summed E-state index contributed by atoms with van der Waals surface area (Å²) >= 11 is 0. The summed E-state index contributed by atoms with van der Waals surface area (Å²) in [5.41, 5.74) is 4.16. The van der Waals surface area contributed by atoms with E-state index in [1.54, 1.807) is 12.1 Å². The SMILES string of the molecule is Cc1c(C(=O)NCCN(C)C)cc(-c2ccccc2)n1-c1ccc(F)cc1. The van der Waals surface area contributed by atoms with E-state index in [4.69, 9.17) is 0 Å². The molecule has 3 rings (SSSR count). The molecule has 0 radical (unpaired) electrons. The number of hydrogen-bond acceptors (Lipinski definition) is 2. The molecule has 0 fully saturated rings. The van der Waals surface area contributed by atoms with E-state index < -0.39 is 0 Å². The van der Waals surface area contributed by atoms with E-state index in [1.807, 2.05) is 66.9 Å². The van der Waals surface area contributed by atoms with Gasteiger partial charge in [0.25, 0.3) is 5.91 Å². The summed E-state index contributed by atoms with van der Waals surface area (Å²) in [7, 11) is 3.94. The molecule has 1 N–H and O–H groups in total. The number of aromatic nitrogens is 1. The van der Waals surface area contributed by atoms with E-state index >= 15 is 0 Å². The highest BCUT2D eigenvalue weighted by molar-refractivity contribution is 5.97. The average molecular weight is 365 g/mol. The second-order valence-corrected chi connectivity index (χ2v) is 6.77. The van der Waals surface area contributed by atoms with Crippen molar-refractivity contribution in [3.05, 3.63) is 77.7 Å². The van der Waals surface area contributed by atoms with Gasteiger partial charge in [-0.2, -0.15) is 0 Å². The predicted molar refractivity (Wildman–Crippen MR) is 107 cm³/mol. The Kier molecular flexibility index (Phi) is 5.72. The van der Waals surface area contributed by atoms with Gasteiger partial charge in [0.1, 0.15) is 5.82 Å². The number of nitrogens with one attached hydrogen (secondary N) is 1. The maximum atomic E-state index is 13.4. The van der Waals surface area contributed by atoms with Gasteiger partial charge in [0, 0.05) is 24.5 Å². The summed E-state index contributed by atoms with van der Waals surface area (Å²) in [4.78, 5) is 14.7. The third-order valence-corrected chi connectivity index (χ3v) is 4.49. The molecule has 2 aromatic carbocycles. The van der Waals surface area contributed by atoms with Crippen LogP contribution in [0.3, 0.4) is 0 Å². The van der Waals surface area contributed by atoms with Crippen LogP contribution in [0.2, 0.25) is 0 Å². The van der Waals surface area contributed by atoms with Gasteiger partial charge in [-0.25, -0.2) is 4.39 Å². The van der Waals surface area contributed by atoms with Gasteiger partial charge in [-0.3, -0.25) is 4.79 Å². The minimum Gasteiger partial charge on any atom is -0.351 e. The Morgan fingerprint density at radius 2 is 1.74 bits per heavy atom. The summed E-state index contributed by atoms with van der Waals surface area (Å²) in [6.07, 6.45) is 0. The third kappa shape index (κ3) is 4.26. The van der Waals surface area contributed by atoms with Crippen LogP contribution in [0.25, 0.3) is 16.9 Å². The zero-order valence-electron chi connectivity index (χ0n) is 15.9. The Morgan fingerprint density at radius 1 is 1.07 bits per heavy atom. The van der Waals surface area contributed by atoms with E-state index in [2.05, 4.69) is 5.32 Å². The fourth-order valence-electron chi connectivity index (χ4n) is 3.07. The molecule has 1 amide bonds. The zero-order chi connectivity index (χ0) is 19.4. The van der Waals surface area contributed by atoms with Crippen LogP contribution in [0.5, 0.6) is 0 Å². The van der Waals surface area contributed by atoms with Crippen molar-refractivity contribution in [3.63, 3.8) is 0 Å². The third-order valence-electron chi connectivity index (χ3n) is 4.49. The van der Waals surface area contributed by atoms with Gasteiger partial charge >= 0.3 is 0 Å². The first-order chi connectivity index (χ1) is 13.0. The topological polar surface area (TPSA) is 37.3 Å². The van der Waals surface area contributed by atoms with Gasteiger partial charge in [0.2, 0.25) is 0 Å². The summed E-state index contributed by atoms with van der Waals surface area (Å²) in [5.74, 6) is -0.390. The van der Waals surface area contributed by atoms with E-state index in [0.717, 1.165) is 29.2 Å². The number of rotatable bonds is 6. The molecular formula is C22H24FN3O.